The first-order valence-electron chi connectivity index (χ1n) is 19.5. The minimum Gasteiger partial charge on any atom is -0.456 e. The quantitative estimate of drug-likeness (QED) is 0.171. The predicted octanol–water partition coefficient (Wildman–Crippen LogP) is 13.9. The monoisotopic (exact) mass is 729 g/mol. The topological polar surface area (TPSA) is 51.8 Å². The fraction of sp³-hybridized carbons (Fsp3) is 0.0377. The molecule has 57 heavy (non-hydrogen) atoms. The van der Waals surface area contributed by atoms with Crippen LogP contribution < -0.4 is 0 Å². The van der Waals surface area contributed by atoms with Crippen LogP contribution in [0.1, 0.15) is 17.5 Å². The third kappa shape index (κ3) is 6.09. The van der Waals surface area contributed by atoms with Gasteiger partial charge in [-0.1, -0.05) is 146 Å². The van der Waals surface area contributed by atoms with Crippen LogP contribution in [0.4, 0.5) is 0 Å². The summed E-state index contributed by atoms with van der Waals surface area (Å²) in [6, 6.07) is 61.9. The first kappa shape index (κ1) is 33.0. The fourth-order valence-electron chi connectivity index (χ4n) is 8.23. The van der Waals surface area contributed by atoms with E-state index in [1.165, 1.54) is 38.6 Å². The summed E-state index contributed by atoms with van der Waals surface area (Å²) >= 11 is 0. The van der Waals surface area contributed by atoms with Gasteiger partial charge in [0.25, 0.3) is 0 Å². The van der Waals surface area contributed by atoms with Crippen molar-refractivity contribution in [1.82, 2.24) is 15.0 Å². The summed E-state index contributed by atoms with van der Waals surface area (Å²) in [5.41, 5.74) is 13.8. The van der Waals surface area contributed by atoms with E-state index in [0.717, 1.165) is 68.2 Å². The lowest BCUT2D eigenvalue weighted by Gasteiger charge is -2.13. The van der Waals surface area contributed by atoms with E-state index in [2.05, 4.69) is 146 Å². The molecule has 0 saturated heterocycles. The van der Waals surface area contributed by atoms with Gasteiger partial charge in [0.2, 0.25) is 0 Å². The van der Waals surface area contributed by atoms with E-state index in [9.17, 15) is 0 Å². The van der Waals surface area contributed by atoms with Gasteiger partial charge >= 0.3 is 0 Å². The molecule has 1 aliphatic rings. The summed E-state index contributed by atoms with van der Waals surface area (Å²) in [4.78, 5) is 15.5. The third-order valence-corrected chi connectivity index (χ3v) is 11.1. The number of hydrogen-bond donors (Lipinski definition) is 0. The van der Waals surface area contributed by atoms with E-state index in [-0.39, 0.29) is 0 Å². The highest BCUT2D eigenvalue weighted by molar-refractivity contribution is 6.14. The highest BCUT2D eigenvalue weighted by atomic mass is 16.3. The molecule has 0 aliphatic heterocycles. The Hall–Kier alpha value is -7.43. The van der Waals surface area contributed by atoms with Crippen molar-refractivity contribution in [3.63, 3.8) is 0 Å². The molecule has 0 fully saturated rings. The maximum atomic E-state index is 6.60. The molecule has 0 radical (unpaired) electrons. The Morgan fingerprint density at radius 1 is 0.404 bits per heavy atom. The van der Waals surface area contributed by atoms with Gasteiger partial charge in [-0.15, -0.1) is 0 Å². The molecule has 0 spiro atoms. The van der Waals surface area contributed by atoms with E-state index in [1.807, 2.05) is 42.5 Å². The largest absolute Gasteiger partial charge is 0.456 e. The zero-order valence-electron chi connectivity index (χ0n) is 31.1. The van der Waals surface area contributed by atoms with Crippen molar-refractivity contribution >= 4 is 38.8 Å². The Kier molecular flexibility index (Phi) is 7.92. The molecule has 2 aromatic heterocycles. The van der Waals surface area contributed by atoms with Gasteiger partial charge in [-0.3, -0.25) is 0 Å². The lowest BCUT2D eigenvalue weighted by atomic mass is 9.93. The second kappa shape index (κ2) is 13.7. The minimum atomic E-state index is 0.582. The van der Waals surface area contributed by atoms with Crippen molar-refractivity contribution in [3.05, 3.63) is 193 Å². The van der Waals surface area contributed by atoms with Gasteiger partial charge in [0.15, 0.2) is 17.5 Å². The fourth-order valence-corrected chi connectivity index (χ4v) is 8.23. The molecule has 11 rings (SSSR count). The molecule has 8 aromatic carbocycles. The standard InChI is InChI=1S/C53H35N3O/c1-3-12-34(13-4-1)40-25-23-36-24-27-42(31-44(36)30-40)47-32-45(33-49-50(47)46-20-9-10-21-48(46)57-49)53-55-51(37-15-5-2-6-16-37)54-52(56-53)43-19-11-18-39(29-43)41-26-22-35-14-7-8-17-38(35)28-41/h1-6,8-13,15-33H,7,14H2. The van der Waals surface area contributed by atoms with Crippen LogP contribution >= 0.6 is 0 Å². The normalized spacial score (nSPS) is 12.4. The first-order valence-corrected chi connectivity index (χ1v) is 19.5. The molecule has 2 heterocycles. The molecule has 10 aromatic rings. The number of para-hydroxylation sites is 1. The van der Waals surface area contributed by atoms with Gasteiger partial charge in [-0.25, -0.2) is 15.0 Å². The van der Waals surface area contributed by atoms with E-state index in [1.54, 1.807) is 0 Å². The Bertz CT molecular complexity index is 3180. The Morgan fingerprint density at radius 3 is 1.88 bits per heavy atom. The third-order valence-electron chi connectivity index (χ3n) is 11.1. The number of rotatable bonds is 6. The van der Waals surface area contributed by atoms with E-state index < -0.39 is 0 Å². The number of fused-ring (bicyclic) bond motifs is 5. The minimum absolute atomic E-state index is 0.582. The van der Waals surface area contributed by atoms with Crippen LogP contribution in [0.3, 0.4) is 0 Å². The molecule has 0 saturated carbocycles. The number of aromatic nitrogens is 3. The maximum Gasteiger partial charge on any atom is 0.164 e. The van der Waals surface area contributed by atoms with Gasteiger partial charge in [0.05, 0.1) is 0 Å². The smallest absolute Gasteiger partial charge is 0.164 e. The van der Waals surface area contributed by atoms with E-state index in [4.69, 9.17) is 19.4 Å². The van der Waals surface area contributed by atoms with Crippen LogP contribution in [0, 0.1) is 0 Å². The summed E-state index contributed by atoms with van der Waals surface area (Å²) in [6.07, 6.45) is 6.68. The molecule has 0 amide bonds. The highest BCUT2D eigenvalue weighted by Crippen LogP contribution is 2.41. The van der Waals surface area contributed by atoms with Crippen LogP contribution in [-0.4, -0.2) is 15.0 Å². The number of allylic oxidation sites excluding steroid dienone is 1. The average molecular weight is 730 g/mol. The molecule has 0 atom stereocenters. The SMILES string of the molecule is C1=Cc2cc(-c3cccc(-c4nc(-c5ccccc5)nc(-c5cc(-c6ccc7ccc(-c8ccccc8)cc7c6)c6c(c5)oc5ccccc56)n4)c3)ccc2CC1. The van der Waals surface area contributed by atoms with Crippen LogP contribution in [0.15, 0.2) is 186 Å². The molecule has 4 nitrogen and oxygen atoms in total. The van der Waals surface area contributed by atoms with Gasteiger partial charge in [-0.2, -0.15) is 0 Å². The summed E-state index contributed by atoms with van der Waals surface area (Å²) in [6.45, 7) is 0. The van der Waals surface area contributed by atoms with Gasteiger partial charge in [0, 0.05) is 27.5 Å². The second-order valence-corrected chi connectivity index (χ2v) is 14.7. The van der Waals surface area contributed by atoms with E-state index >= 15 is 0 Å². The van der Waals surface area contributed by atoms with Crippen LogP contribution in [0.2, 0.25) is 0 Å². The average Bonchev–Trinajstić information content (AvgIpc) is 3.67. The lowest BCUT2D eigenvalue weighted by Crippen LogP contribution is -2.00. The summed E-state index contributed by atoms with van der Waals surface area (Å²) in [5, 5.41) is 4.50. The molecule has 0 N–H and O–H groups in total. The number of nitrogens with zero attached hydrogens (tertiary/aromatic N) is 3. The van der Waals surface area contributed by atoms with Crippen molar-refractivity contribution < 1.29 is 4.42 Å². The maximum absolute atomic E-state index is 6.60. The van der Waals surface area contributed by atoms with Crippen LogP contribution in [0.5, 0.6) is 0 Å². The van der Waals surface area contributed by atoms with Gasteiger partial charge in [0.1, 0.15) is 11.2 Å². The lowest BCUT2D eigenvalue weighted by molar-refractivity contribution is 0.669. The second-order valence-electron chi connectivity index (χ2n) is 14.7. The van der Waals surface area contributed by atoms with Crippen molar-refractivity contribution in [3.8, 4) is 67.5 Å². The molecule has 268 valence electrons. The number of benzene rings is 8. The molecule has 4 heteroatoms. The van der Waals surface area contributed by atoms with Crippen LogP contribution in [0.25, 0.3) is 106 Å². The summed E-state index contributed by atoms with van der Waals surface area (Å²) < 4.78 is 6.60. The van der Waals surface area contributed by atoms with Gasteiger partial charge < -0.3 is 4.42 Å². The highest BCUT2D eigenvalue weighted by Gasteiger charge is 2.19. The predicted molar refractivity (Wildman–Crippen MR) is 235 cm³/mol. The molecule has 0 bridgehead atoms. The Morgan fingerprint density at radius 2 is 1.04 bits per heavy atom. The molecule has 0 unspecified atom stereocenters. The molecular formula is C53H35N3O. The zero-order valence-corrected chi connectivity index (χ0v) is 31.1. The molecule has 1 aliphatic carbocycles. The number of hydrogen-bond acceptors (Lipinski definition) is 4. The zero-order chi connectivity index (χ0) is 37.7. The van der Waals surface area contributed by atoms with Crippen molar-refractivity contribution in [1.29, 1.82) is 0 Å². The van der Waals surface area contributed by atoms with Gasteiger partial charge in [-0.05, 0) is 111 Å². The van der Waals surface area contributed by atoms with Crippen molar-refractivity contribution in [2.24, 2.45) is 0 Å². The summed E-state index contributed by atoms with van der Waals surface area (Å²) in [7, 11) is 0. The van der Waals surface area contributed by atoms with Crippen molar-refractivity contribution in [2.45, 2.75) is 12.8 Å². The summed E-state index contributed by atoms with van der Waals surface area (Å²) in [5.74, 6) is 1.81. The number of furan rings is 1. The molecular weight excluding hydrogens is 695 g/mol. The number of aryl methyl sites for hydroxylation is 1. The van der Waals surface area contributed by atoms with E-state index in [0.29, 0.717) is 17.5 Å². The first-order chi connectivity index (χ1) is 28.2. The van der Waals surface area contributed by atoms with Crippen molar-refractivity contribution in [2.75, 3.05) is 0 Å². The van der Waals surface area contributed by atoms with Crippen LogP contribution in [-0.2, 0) is 6.42 Å². The Balaban J connectivity index is 1.09. The Labute approximate surface area is 330 Å².